The Labute approximate surface area is 125 Å². The smallest absolute Gasteiger partial charge is 0.209 e. The first kappa shape index (κ1) is 15.2. The Bertz CT molecular complexity index is 563. The summed E-state index contributed by atoms with van der Waals surface area (Å²) in [5.74, 6) is 0.264. The lowest BCUT2D eigenvalue weighted by atomic mass is 10.2. The molecule has 0 fully saturated rings. The minimum absolute atomic E-state index is 0.334. The molecule has 0 bridgehead atoms. The number of halogens is 2. The van der Waals surface area contributed by atoms with Gasteiger partial charge in [-0.2, -0.15) is 0 Å². The van der Waals surface area contributed by atoms with Gasteiger partial charge < -0.3 is 5.32 Å². The Balaban J connectivity index is 1.95. The van der Waals surface area contributed by atoms with Crippen molar-refractivity contribution >= 4 is 23.4 Å². The summed E-state index contributed by atoms with van der Waals surface area (Å²) in [6, 6.07) is 4.39. The van der Waals surface area contributed by atoms with Crippen LogP contribution in [0.5, 0.6) is 0 Å². The van der Waals surface area contributed by atoms with Crippen LogP contribution in [0, 0.1) is 5.82 Å². The standard InChI is InChI=1S/C12H15ClFN5S/c1-2-15-5-6-19-12(16-17-18-19)20-8-9-3-4-10(14)7-11(9)13/h3-4,7,15H,2,5-6,8H2,1H3. The highest BCUT2D eigenvalue weighted by Gasteiger charge is 2.09. The number of hydrogen-bond donors (Lipinski definition) is 1. The highest BCUT2D eigenvalue weighted by molar-refractivity contribution is 7.98. The predicted molar refractivity (Wildman–Crippen MR) is 77.3 cm³/mol. The van der Waals surface area contributed by atoms with Crippen LogP contribution >= 0.6 is 23.4 Å². The molecule has 5 nitrogen and oxygen atoms in total. The number of aromatic nitrogens is 4. The maximum Gasteiger partial charge on any atom is 0.209 e. The highest BCUT2D eigenvalue weighted by Crippen LogP contribution is 2.25. The second-order valence-corrected chi connectivity index (χ2v) is 5.41. The quantitative estimate of drug-likeness (QED) is 0.628. The van der Waals surface area contributed by atoms with E-state index >= 15 is 0 Å². The molecule has 0 saturated carbocycles. The van der Waals surface area contributed by atoms with E-state index in [0.717, 1.165) is 23.8 Å². The van der Waals surface area contributed by atoms with Crippen molar-refractivity contribution in [2.24, 2.45) is 0 Å². The molecule has 2 aromatic rings. The van der Waals surface area contributed by atoms with E-state index in [1.54, 1.807) is 10.7 Å². The number of tetrazole rings is 1. The van der Waals surface area contributed by atoms with E-state index in [4.69, 9.17) is 11.6 Å². The van der Waals surface area contributed by atoms with Crippen LogP contribution in [0.2, 0.25) is 5.02 Å². The van der Waals surface area contributed by atoms with E-state index in [1.165, 1.54) is 23.9 Å². The molecular formula is C12H15ClFN5S. The number of rotatable bonds is 7. The zero-order valence-electron chi connectivity index (χ0n) is 11.0. The van der Waals surface area contributed by atoms with E-state index in [0.29, 0.717) is 17.3 Å². The Morgan fingerprint density at radius 3 is 3.05 bits per heavy atom. The van der Waals surface area contributed by atoms with Crippen LogP contribution in [0.15, 0.2) is 23.4 Å². The zero-order chi connectivity index (χ0) is 14.4. The third-order valence-corrected chi connectivity index (χ3v) is 3.98. The van der Waals surface area contributed by atoms with E-state index in [1.807, 2.05) is 6.92 Å². The van der Waals surface area contributed by atoms with Crippen LogP contribution in [0.3, 0.4) is 0 Å². The van der Waals surface area contributed by atoms with Crippen molar-refractivity contribution in [2.75, 3.05) is 13.1 Å². The molecule has 20 heavy (non-hydrogen) atoms. The molecule has 1 N–H and O–H groups in total. The molecular weight excluding hydrogens is 301 g/mol. The van der Waals surface area contributed by atoms with Gasteiger partial charge in [0, 0.05) is 17.3 Å². The fraction of sp³-hybridized carbons (Fsp3) is 0.417. The monoisotopic (exact) mass is 315 g/mol. The molecule has 0 aliphatic carbocycles. The molecule has 0 amide bonds. The van der Waals surface area contributed by atoms with Gasteiger partial charge in [0.15, 0.2) is 0 Å². The van der Waals surface area contributed by atoms with Crippen molar-refractivity contribution in [1.82, 2.24) is 25.5 Å². The Morgan fingerprint density at radius 2 is 2.30 bits per heavy atom. The molecule has 8 heteroatoms. The molecule has 1 heterocycles. The summed E-state index contributed by atoms with van der Waals surface area (Å²) in [4.78, 5) is 0. The second kappa shape index (κ2) is 7.56. The maximum atomic E-state index is 13.0. The first-order valence-electron chi connectivity index (χ1n) is 6.24. The van der Waals surface area contributed by atoms with Crippen molar-refractivity contribution in [3.05, 3.63) is 34.6 Å². The average molecular weight is 316 g/mol. The number of nitrogens with one attached hydrogen (secondary N) is 1. The fourth-order valence-corrected chi connectivity index (χ4v) is 2.80. The SMILES string of the molecule is CCNCCn1nnnc1SCc1ccc(F)cc1Cl. The molecule has 108 valence electrons. The number of nitrogens with zero attached hydrogens (tertiary/aromatic N) is 4. The lowest BCUT2D eigenvalue weighted by molar-refractivity contribution is 0.517. The zero-order valence-corrected chi connectivity index (χ0v) is 12.6. The van der Waals surface area contributed by atoms with Crippen LogP contribution in [0.1, 0.15) is 12.5 Å². The topological polar surface area (TPSA) is 55.6 Å². The molecule has 1 aromatic heterocycles. The van der Waals surface area contributed by atoms with Gasteiger partial charge in [-0.25, -0.2) is 9.07 Å². The van der Waals surface area contributed by atoms with E-state index in [-0.39, 0.29) is 5.82 Å². The molecule has 0 aliphatic rings. The molecule has 0 radical (unpaired) electrons. The Morgan fingerprint density at radius 1 is 1.45 bits per heavy atom. The normalized spacial score (nSPS) is 10.9. The number of likely N-dealkylation sites (N-methyl/N-ethyl adjacent to an activating group) is 1. The van der Waals surface area contributed by atoms with Gasteiger partial charge in [0.05, 0.1) is 6.54 Å². The van der Waals surface area contributed by atoms with Crippen molar-refractivity contribution in [1.29, 1.82) is 0 Å². The van der Waals surface area contributed by atoms with E-state index in [9.17, 15) is 4.39 Å². The van der Waals surface area contributed by atoms with Crippen LogP contribution in [0.4, 0.5) is 4.39 Å². The van der Waals surface area contributed by atoms with Crippen molar-refractivity contribution in [3.63, 3.8) is 0 Å². The maximum absolute atomic E-state index is 13.0. The summed E-state index contributed by atoms with van der Waals surface area (Å²) >= 11 is 7.47. The predicted octanol–water partition coefficient (Wildman–Crippen LogP) is 2.37. The lowest BCUT2D eigenvalue weighted by Gasteiger charge is -2.06. The highest BCUT2D eigenvalue weighted by atomic mass is 35.5. The largest absolute Gasteiger partial charge is 0.315 e. The minimum atomic E-state index is -0.334. The van der Waals surface area contributed by atoms with Gasteiger partial charge in [-0.1, -0.05) is 36.4 Å². The van der Waals surface area contributed by atoms with Crippen LogP contribution in [0.25, 0.3) is 0 Å². The summed E-state index contributed by atoms with van der Waals surface area (Å²) in [5, 5.41) is 15.9. The summed E-state index contributed by atoms with van der Waals surface area (Å²) in [6.07, 6.45) is 0. The average Bonchev–Trinajstić information content (AvgIpc) is 2.86. The molecule has 0 spiro atoms. The summed E-state index contributed by atoms with van der Waals surface area (Å²) < 4.78 is 14.7. The van der Waals surface area contributed by atoms with Gasteiger partial charge in [-0.05, 0) is 34.7 Å². The molecule has 0 unspecified atom stereocenters. The fourth-order valence-electron chi connectivity index (χ4n) is 1.58. The first-order valence-corrected chi connectivity index (χ1v) is 7.60. The molecule has 2 rings (SSSR count). The van der Waals surface area contributed by atoms with Crippen LogP contribution in [-0.4, -0.2) is 33.3 Å². The third-order valence-electron chi connectivity index (χ3n) is 2.62. The summed E-state index contributed by atoms with van der Waals surface area (Å²) in [5.41, 5.74) is 0.860. The van der Waals surface area contributed by atoms with Crippen LogP contribution < -0.4 is 5.32 Å². The Hall–Kier alpha value is -1.18. The molecule has 1 aromatic carbocycles. The van der Waals surface area contributed by atoms with E-state index < -0.39 is 0 Å². The molecule has 0 saturated heterocycles. The van der Waals surface area contributed by atoms with Gasteiger partial charge in [0.1, 0.15) is 5.82 Å². The van der Waals surface area contributed by atoms with Gasteiger partial charge in [0.2, 0.25) is 5.16 Å². The van der Waals surface area contributed by atoms with Crippen molar-refractivity contribution in [3.8, 4) is 0 Å². The Kier molecular flexibility index (Phi) is 5.75. The van der Waals surface area contributed by atoms with Gasteiger partial charge in [-0.15, -0.1) is 5.10 Å². The molecule has 0 aliphatic heterocycles. The third kappa shape index (κ3) is 4.16. The number of thioether (sulfide) groups is 1. The summed E-state index contributed by atoms with van der Waals surface area (Å²) in [6.45, 7) is 4.48. The van der Waals surface area contributed by atoms with Crippen molar-refractivity contribution < 1.29 is 4.39 Å². The number of hydrogen-bond acceptors (Lipinski definition) is 5. The van der Waals surface area contributed by atoms with Gasteiger partial charge in [0.25, 0.3) is 0 Å². The van der Waals surface area contributed by atoms with Crippen molar-refractivity contribution in [2.45, 2.75) is 24.4 Å². The van der Waals surface area contributed by atoms with E-state index in [2.05, 4.69) is 20.8 Å². The lowest BCUT2D eigenvalue weighted by Crippen LogP contribution is -2.20. The second-order valence-electron chi connectivity index (χ2n) is 4.06. The first-order chi connectivity index (χ1) is 9.70. The summed E-state index contributed by atoms with van der Waals surface area (Å²) in [7, 11) is 0. The van der Waals surface area contributed by atoms with Crippen LogP contribution in [-0.2, 0) is 12.3 Å². The molecule has 0 atom stereocenters. The number of benzene rings is 1. The minimum Gasteiger partial charge on any atom is -0.315 e. The van der Waals surface area contributed by atoms with Gasteiger partial charge >= 0.3 is 0 Å². The van der Waals surface area contributed by atoms with Gasteiger partial charge in [-0.3, -0.25) is 0 Å².